The number of methoxy groups -OCH3 is 1. The lowest BCUT2D eigenvalue weighted by molar-refractivity contribution is -0.301. The molecule has 13 nitrogen and oxygen atoms in total. The summed E-state index contributed by atoms with van der Waals surface area (Å²) in [4.78, 5) is 70.7. The molecule has 4 aromatic carbocycles. The monoisotopic (exact) mass is 745 g/mol. The highest BCUT2D eigenvalue weighted by molar-refractivity contribution is 5.91. The molecule has 0 bridgehead atoms. The molecule has 1 aliphatic heterocycles. The molecule has 13 heteroatoms. The van der Waals surface area contributed by atoms with Crippen molar-refractivity contribution in [3.63, 3.8) is 0 Å². The van der Waals surface area contributed by atoms with E-state index in [1.807, 2.05) is 0 Å². The SMILES string of the molecule is COC(=O)c1cccc(CO[C@@H]2O[C@H](COC(=O)c3ccccc3)[C@H](OC(=O)c3ccccc3)[C@H](OC(=O)c3ccccc3)[C@H]2OC(=O)c2ccccc2)n1. The lowest BCUT2D eigenvalue weighted by atomic mass is 9.97. The molecule has 6 rings (SSSR count). The normalized spacial score (nSPS) is 19.0. The van der Waals surface area contributed by atoms with E-state index in [0.29, 0.717) is 0 Å². The summed E-state index contributed by atoms with van der Waals surface area (Å²) in [6.45, 7) is -0.825. The number of ether oxygens (including phenoxy) is 7. The van der Waals surface area contributed by atoms with E-state index in [1.165, 1.54) is 49.6 Å². The first kappa shape index (κ1) is 38.0. The molecule has 0 unspecified atom stereocenters. The van der Waals surface area contributed by atoms with Crippen LogP contribution in [0.2, 0.25) is 0 Å². The first-order chi connectivity index (χ1) is 26.8. The van der Waals surface area contributed by atoms with Crippen LogP contribution in [0.5, 0.6) is 0 Å². The number of aromatic nitrogens is 1. The molecule has 0 amide bonds. The Morgan fingerprint density at radius 3 is 1.47 bits per heavy atom. The average Bonchev–Trinajstić information content (AvgIpc) is 3.24. The van der Waals surface area contributed by atoms with Gasteiger partial charge in [0.25, 0.3) is 0 Å². The molecule has 0 saturated carbocycles. The summed E-state index contributed by atoms with van der Waals surface area (Å²) < 4.78 is 41.1. The van der Waals surface area contributed by atoms with Crippen molar-refractivity contribution >= 4 is 29.8 Å². The Morgan fingerprint density at radius 2 is 0.982 bits per heavy atom. The molecular weight excluding hydrogens is 710 g/mol. The Kier molecular flexibility index (Phi) is 12.7. The van der Waals surface area contributed by atoms with Gasteiger partial charge in [0.05, 0.1) is 41.7 Å². The van der Waals surface area contributed by atoms with E-state index in [9.17, 15) is 24.0 Å². The van der Waals surface area contributed by atoms with Gasteiger partial charge in [-0.1, -0.05) is 78.9 Å². The van der Waals surface area contributed by atoms with Gasteiger partial charge < -0.3 is 33.2 Å². The van der Waals surface area contributed by atoms with E-state index in [4.69, 9.17) is 33.2 Å². The van der Waals surface area contributed by atoms with E-state index in [-0.39, 0.29) is 40.2 Å². The van der Waals surface area contributed by atoms with Gasteiger partial charge in [0, 0.05) is 0 Å². The summed E-state index contributed by atoms with van der Waals surface area (Å²) in [5, 5.41) is 0. The molecule has 280 valence electrons. The summed E-state index contributed by atoms with van der Waals surface area (Å²) in [6.07, 6.45) is -7.60. The molecule has 5 aromatic rings. The van der Waals surface area contributed by atoms with Gasteiger partial charge in [0.1, 0.15) is 18.4 Å². The van der Waals surface area contributed by atoms with Crippen LogP contribution in [-0.2, 0) is 39.8 Å². The molecule has 5 atom stereocenters. The molecule has 1 aromatic heterocycles. The van der Waals surface area contributed by atoms with E-state index < -0.39 is 67.2 Å². The van der Waals surface area contributed by atoms with Crippen LogP contribution in [0, 0.1) is 0 Å². The molecule has 1 aliphatic rings. The number of hydrogen-bond donors (Lipinski definition) is 0. The molecule has 1 fully saturated rings. The predicted octanol–water partition coefficient (Wildman–Crippen LogP) is 5.64. The quantitative estimate of drug-likeness (QED) is 0.108. The second kappa shape index (κ2) is 18.4. The van der Waals surface area contributed by atoms with Gasteiger partial charge in [0.2, 0.25) is 0 Å². The maximum Gasteiger partial charge on any atom is 0.356 e. The first-order valence-corrected chi connectivity index (χ1v) is 17.1. The zero-order valence-electron chi connectivity index (χ0n) is 29.4. The Morgan fingerprint density at radius 1 is 0.527 bits per heavy atom. The van der Waals surface area contributed by atoms with Crippen molar-refractivity contribution in [3.05, 3.63) is 173 Å². The van der Waals surface area contributed by atoms with E-state index in [2.05, 4.69) is 4.98 Å². The minimum Gasteiger partial charge on any atom is -0.464 e. The maximum absolute atomic E-state index is 13.8. The Bertz CT molecular complexity index is 2080. The number of hydrogen-bond acceptors (Lipinski definition) is 13. The third-order valence-corrected chi connectivity index (χ3v) is 8.33. The van der Waals surface area contributed by atoms with Crippen LogP contribution in [0.3, 0.4) is 0 Å². The standard InChI is InChI=1S/C42H35NO12/c1-49-41(48)32-24-14-23-31(43-32)25-51-42-36(55-40(47)30-21-12-5-13-22-30)35(54-39(46)29-19-10-4-11-20-29)34(53-38(45)28-17-8-3-9-18-28)33(52-42)26-50-37(44)27-15-6-2-7-16-27/h2-24,33-36,42H,25-26H2,1H3/t33-,34+,35+,36-,42-/m1/s1. The summed E-state index contributed by atoms with van der Waals surface area (Å²) in [6, 6.07) is 36.9. The summed E-state index contributed by atoms with van der Waals surface area (Å²) >= 11 is 0. The van der Waals surface area contributed by atoms with E-state index in [1.54, 1.807) is 97.1 Å². The lowest BCUT2D eigenvalue weighted by Gasteiger charge is -2.44. The second-order valence-corrected chi connectivity index (χ2v) is 12.0. The number of carbonyl (C=O) groups is 5. The Labute approximate surface area is 315 Å². The highest BCUT2D eigenvalue weighted by atomic mass is 16.7. The fraction of sp³-hybridized carbons (Fsp3) is 0.190. The van der Waals surface area contributed by atoms with Crippen molar-refractivity contribution in [3.8, 4) is 0 Å². The van der Waals surface area contributed by atoms with Gasteiger partial charge in [-0.2, -0.15) is 0 Å². The summed E-state index contributed by atoms with van der Waals surface area (Å²) in [5.74, 6) is -3.90. The van der Waals surface area contributed by atoms with Crippen molar-refractivity contribution in [2.45, 2.75) is 37.3 Å². The van der Waals surface area contributed by atoms with Crippen molar-refractivity contribution in [1.82, 2.24) is 4.98 Å². The van der Waals surface area contributed by atoms with E-state index in [0.717, 1.165) is 0 Å². The van der Waals surface area contributed by atoms with E-state index >= 15 is 0 Å². The van der Waals surface area contributed by atoms with Crippen molar-refractivity contribution in [1.29, 1.82) is 0 Å². The maximum atomic E-state index is 13.8. The first-order valence-electron chi connectivity index (χ1n) is 17.1. The highest BCUT2D eigenvalue weighted by Crippen LogP contribution is 2.32. The van der Waals surface area contributed by atoms with Crippen LogP contribution >= 0.6 is 0 Å². The molecule has 55 heavy (non-hydrogen) atoms. The number of benzene rings is 4. The number of esters is 5. The number of rotatable bonds is 13. The van der Waals surface area contributed by atoms with Gasteiger partial charge in [-0.15, -0.1) is 0 Å². The van der Waals surface area contributed by atoms with Crippen LogP contribution in [-0.4, -0.2) is 79.3 Å². The minimum atomic E-state index is -1.60. The van der Waals surface area contributed by atoms with Crippen LogP contribution < -0.4 is 0 Å². The molecule has 0 spiro atoms. The van der Waals surface area contributed by atoms with Crippen LogP contribution in [0.15, 0.2) is 140 Å². The topological polar surface area (TPSA) is 163 Å². The van der Waals surface area contributed by atoms with Crippen LogP contribution in [0.1, 0.15) is 57.6 Å². The fourth-order valence-corrected chi connectivity index (χ4v) is 5.61. The van der Waals surface area contributed by atoms with Gasteiger partial charge in [0.15, 0.2) is 24.6 Å². The second-order valence-electron chi connectivity index (χ2n) is 12.0. The third-order valence-electron chi connectivity index (χ3n) is 8.33. The van der Waals surface area contributed by atoms with Crippen molar-refractivity contribution in [2.24, 2.45) is 0 Å². The molecule has 0 radical (unpaired) electrons. The zero-order valence-corrected chi connectivity index (χ0v) is 29.4. The molecular formula is C42H35NO12. The smallest absolute Gasteiger partial charge is 0.356 e. The average molecular weight is 746 g/mol. The minimum absolute atomic E-state index is 0.00785. The summed E-state index contributed by atoms with van der Waals surface area (Å²) in [5.41, 5.74) is 0.962. The highest BCUT2D eigenvalue weighted by Gasteiger charge is 2.53. The van der Waals surface area contributed by atoms with Crippen molar-refractivity contribution in [2.75, 3.05) is 13.7 Å². The third kappa shape index (κ3) is 9.84. The number of nitrogens with zero attached hydrogens (tertiary/aromatic N) is 1. The van der Waals surface area contributed by atoms with Gasteiger partial charge in [-0.25, -0.2) is 29.0 Å². The molecule has 1 saturated heterocycles. The summed E-state index contributed by atoms with van der Waals surface area (Å²) in [7, 11) is 1.22. The zero-order chi connectivity index (χ0) is 38.6. The molecule has 2 heterocycles. The Balaban J connectivity index is 1.40. The fourth-order valence-electron chi connectivity index (χ4n) is 5.61. The van der Waals surface area contributed by atoms with Gasteiger partial charge in [-0.3, -0.25) is 0 Å². The predicted molar refractivity (Wildman–Crippen MR) is 193 cm³/mol. The van der Waals surface area contributed by atoms with Crippen LogP contribution in [0.25, 0.3) is 0 Å². The largest absolute Gasteiger partial charge is 0.464 e. The molecule has 0 aliphatic carbocycles. The Hall–Kier alpha value is -6.70. The lowest BCUT2D eigenvalue weighted by Crippen LogP contribution is -2.63. The van der Waals surface area contributed by atoms with Gasteiger partial charge in [-0.05, 0) is 60.7 Å². The number of carbonyl (C=O) groups excluding carboxylic acids is 5. The number of pyridine rings is 1. The van der Waals surface area contributed by atoms with Crippen LogP contribution in [0.4, 0.5) is 0 Å². The van der Waals surface area contributed by atoms with Gasteiger partial charge >= 0.3 is 29.8 Å². The van der Waals surface area contributed by atoms with Crippen molar-refractivity contribution < 1.29 is 57.1 Å². The molecule has 0 N–H and O–H groups in total.